The second kappa shape index (κ2) is 6.30. The average molecular weight is 399 g/mol. The topological polar surface area (TPSA) is 82.9 Å². The van der Waals surface area contributed by atoms with Crippen LogP contribution < -0.4 is 10.3 Å². The van der Waals surface area contributed by atoms with Gasteiger partial charge in [0, 0.05) is 55.8 Å². The summed E-state index contributed by atoms with van der Waals surface area (Å²) in [6, 6.07) is 1.33. The zero-order valence-corrected chi connectivity index (χ0v) is 16.2. The number of carbonyl (C=O) groups excluding carboxylic acids is 1. The van der Waals surface area contributed by atoms with E-state index in [-0.39, 0.29) is 35.5 Å². The number of carboxylic acids is 1. The van der Waals surface area contributed by atoms with Gasteiger partial charge in [0.05, 0.1) is 11.2 Å². The second-order valence-corrected chi connectivity index (χ2v) is 8.29. The summed E-state index contributed by atoms with van der Waals surface area (Å²) in [6.45, 7) is 2.94. The highest BCUT2D eigenvalue weighted by Crippen LogP contribution is 2.43. The van der Waals surface area contributed by atoms with Gasteiger partial charge in [0.2, 0.25) is 11.3 Å². The minimum Gasteiger partial charge on any atom is -0.477 e. The molecule has 1 aliphatic carbocycles. The molecule has 1 amide bonds. The molecule has 5 rings (SSSR count). The fourth-order valence-corrected chi connectivity index (χ4v) is 4.88. The molecule has 1 unspecified atom stereocenters. The molecular weight excluding hydrogens is 377 g/mol. The normalized spacial score (nSPS) is 21.1. The number of nitrogens with zero attached hydrogens (tertiary/aromatic N) is 3. The number of halogens is 1. The van der Waals surface area contributed by atoms with Crippen LogP contribution >= 0.6 is 0 Å². The lowest BCUT2D eigenvalue weighted by Crippen LogP contribution is -2.39. The number of rotatable bonds is 2. The van der Waals surface area contributed by atoms with Crippen molar-refractivity contribution in [3.63, 3.8) is 0 Å². The van der Waals surface area contributed by atoms with Gasteiger partial charge >= 0.3 is 5.97 Å². The quantitative estimate of drug-likeness (QED) is 0.839. The van der Waals surface area contributed by atoms with E-state index in [0.717, 1.165) is 25.7 Å². The average Bonchev–Trinajstić information content (AvgIpc) is 3.44. The van der Waals surface area contributed by atoms with E-state index in [1.54, 1.807) is 4.90 Å². The van der Waals surface area contributed by atoms with Gasteiger partial charge in [0.25, 0.3) is 0 Å². The summed E-state index contributed by atoms with van der Waals surface area (Å²) >= 11 is 0. The minimum atomic E-state index is -1.31. The van der Waals surface area contributed by atoms with E-state index in [0.29, 0.717) is 29.9 Å². The lowest BCUT2D eigenvalue weighted by atomic mass is 10.0. The molecule has 2 aliphatic heterocycles. The molecule has 1 aromatic carbocycles. The van der Waals surface area contributed by atoms with E-state index in [2.05, 4.69) is 0 Å². The molecule has 8 heteroatoms. The lowest BCUT2D eigenvalue weighted by Gasteiger charge is -2.27. The Labute approximate surface area is 166 Å². The first-order chi connectivity index (χ1) is 13.9. The van der Waals surface area contributed by atoms with Gasteiger partial charge < -0.3 is 19.5 Å². The molecule has 1 atom stereocenters. The lowest BCUT2D eigenvalue weighted by molar-refractivity contribution is -0.129. The van der Waals surface area contributed by atoms with Crippen molar-refractivity contribution in [2.75, 3.05) is 18.0 Å². The summed E-state index contributed by atoms with van der Waals surface area (Å²) in [5, 5.41) is 9.55. The predicted octanol–water partition coefficient (Wildman–Crippen LogP) is 2.50. The van der Waals surface area contributed by atoms with Crippen molar-refractivity contribution in [1.29, 1.82) is 0 Å². The Morgan fingerprint density at radius 1 is 1.21 bits per heavy atom. The van der Waals surface area contributed by atoms with Gasteiger partial charge in [-0.25, -0.2) is 9.18 Å². The zero-order chi connectivity index (χ0) is 20.4. The number of hydrogen-bond donors (Lipinski definition) is 1. The van der Waals surface area contributed by atoms with Crippen molar-refractivity contribution in [2.45, 2.75) is 51.2 Å². The maximum Gasteiger partial charge on any atom is 0.341 e. The standard InChI is InChI=1S/C21H22FN3O4/c1-11(26)23-8-13-3-2-6-24(13)19-15(9-23)18-14(7-17(19)22)20(27)16(21(28)29)10-25(18)12-4-5-12/h7,10,12-13H,2-6,8-9H2,1H3,(H,28,29). The maximum absolute atomic E-state index is 15.4. The van der Waals surface area contributed by atoms with Crippen LogP contribution in [0.15, 0.2) is 17.1 Å². The molecular formula is C21H22FN3O4. The number of pyridine rings is 1. The van der Waals surface area contributed by atoms with Gasteiger partial charge in [-0.05, 0) is 31.7 Å². The molecule has 3 heterocycles. The molecule has 7 nitrogen and oxygen atoms in total. The molecule has 2 fully saturated rings. The fraction of sp³-hybridized carbons (Fsp3) is 0.476. The Balaban J connectivity index is 1.88. The second-order valence-electron chi connectivity index (χ2n) is 8.29. The summed E-state index contributed by atoms with van der Waals surface area (Å²) in [4.78, 5) is 40.5. The van der Waals surface area contributed by atoms with Crippen molar-refractivity contribution < 1.29 is 19.1 Å². The van der Waals surface area contributed by atoms with Crippen LogP contribution in [0.2, 0.25) is 0 Å². The van der Waals surface area contributed by atoms with Crippen LogP contribution in [0.3, 0.4) is 0 Å². The van der Waals surface area contributed by atoms with Crippen LogP contribution in [0, 0.1) is 5.82 Å². The van der Waals surface area contributed by atoms with E-state index in [4.69, 9.17) is 0 Å². The highest BCUT2D eigenvalue weighted by molar-refractivity contribution is 5.95. The van der Waals surface area contributed by atoms with Crippen LogP contribution in [0.25, 0.3) is 10.9 Å². The number of amides is 1. The molecule has 152 valence electrons. The first-order valence-corrected chi connectivity index (χ1v) is 10.0. The number of hydrogen-bond acceptors (Lipinski definition) is 4. The molecule has 0 radical (unpaired) electrons. The molecule has 1 saturated heterocycles. The van der Waals surface area contributed by atoms with Crippen molar-refractivity contribution in [1.82, 2.24) is 9.47 Å². The molecule has 1 aromatic heterocycles. The minimum absolute atomic E-state index is 0.0477. The summed E-state index contributed by atoms with van der Waals surface area (Å²) in [6.07, 6.45) is 4.96. The van der Waals surface area contributed by atoms with Crippen molar-refractivity contribution in [3.8, 4) is 0 Å². The highest BCUT2D eigenvalue weighted by atomic mass is 19.1. The SMILES string of the molecule is CC(=O)N1Cc2c(c(F)cc3c(=O)c(C(=O)O)cn(C4CC4)c23)N2CCCC2C1. The molecule has 3 aliphatic rings. The summed E-state index contributed by atoms with van der Waals surface area (Å²) in [5.74, 6) is -1.93. The van der Waals surface area contributed by atoms with Gasteiger partial charge in [-0.15, -0.1) is 0 Å². The van der Waals surface area contributed by atoms with Gasteiger partial charge in [0.15, 0.2) is 0 Å². The Bertz CT molecular complexity index is 1120. The van der Waals surface area contributed by atoms with E-state index in [1.807, 2.05) is 9.47 Å². The monoisotopic (exact) mass is 399 g/mol. The summed E-state index contributed by atoms with van der Waals surface area (Å²) < 4.78 is 17.2. The third-order valence-electron chi connectivity index (χ3n) is 6.40. The largest absolute Gasteiger partial charge is 0.477 e. The van der Waals surface area contributed by atoms with Crippen LogP contribution in [0.4, 0.5) is 10.1 Å². The van der Waals surface area contributed by atoms with E-state index >= 15 is 4.39 Å². The van der Waals surface area contributed by atoms with Gasteiger partial charge in [-0.3, -0.25) is 9.59 Å². The first kappa shape index (κ1) is 18.1. The Morgan fingerprint density at radius 3 is 2.62 bits per heavy atom. The Kier molecular flexibility index (Phi) is 3.94. The van der Waals surface area contributed by atoms with Crippen LogP contribution in [-0.2, 0) is 11.3 Å². The third-order valence-corrected chi connectivity index (χ3v) is 6.40. The number of fused-ring (bicyclic) bond motifs is 5. The molecule has 2 aromatic rings. The molecule has 1 saturated carbocycles. The number of anilines is 1. The summed E-state index contributed by atoms with van der Waals surface area (Å²) in [7, 11) is 0. The van der Waals surface area contributed by atoms with Crippen LogP contribution in [0.1, 0.15) is 54.6 Å². The van der Waals surface area contributed by atoms with Crippen LogP contribution in [0.5, 0.6) is 0 Å². The molecule has 1 N–H and O–H groups in total. The number of carboxylic acid groups (broad SMARTS) is 1. The molecule has 0 bridgehead atoms. The highest BCUT2D eigenvalue weighted by Gasteiger charge is 2.37. The number of benzene rings is 1. The third kappa shape index (κ3) is 2.73. The number of carbonyl (C=O) groups is 2. The fourth-order valence-electron chi connectivity index (χ4n) is 4.88. The van der Waals surface area contributed by atoms with Gasteiger partial charge in [-0.2, -0.15) is 0 Å². The van der Waals surface area contributed by atoms with Crippen molar-refractivity contribution in [2.24, 2.45) is 0 Å². The first-order valence-electron chi connectivity index (χ1n) is 10.0. The molecule has 29 heavy (non-hydrogen) atoms. The number of aromatic carboxylic acids is 1. The van der Waals surface area contributed by atoms with E-state index in [1.165, 1.54) is 19.2 Å². The smallest absolute Gasteiger partial charge is 0.341 e. The van der Waals surface area contributed by atoms with Gasteiger partial charge in [-0.1, -0.05) is 0 Å². The zero-order valence-electron chi connectivity index (χ0n) is 16.2. The summed E-state index contributed by atoms with van der Waals surface area (Å²) in [5.41, 5.74) is 0.612. The van der Waals surface area contributed by atoms with Crippen molar-refractivity contribution in [3.05, 3.63) is 39.4 Å². The van der Waals surface area contributed by atoms with Crippen molar-refractivity contribution >= 4 is 28.5 Å². The van der Waals surface area contributed by atoms with E-state index < -0.39 is 17.2 Å². The Morgan fingerprint density at radius 2 is 1.97 bits per heavy atom. The Hall–Kier alpha value is -2.90. The van der Waals surface area contributed by atoms with Gasteiger partial charge in [0.1, 0.15) is 11.4 Å². The van der Waals surface area contributed by atoms with E-state index in [9.17, 15) is 19.5 Å². The molecule has 0 spiro atoms. The number of aromatic nitrogens is 1. The van der Waals surface area contributed by atoms with Crippen LogP contribution in [-0.4, -0.2) is 45.6 Å². The maximum atomic E-state index is 15.4. The predicted molar refractivity (Wildman–Crippen MR) is 105 cm³/mol.